The summed E-state index contributed by atoms with van der Waals surface area (Å²) in [5, 5.41) is 7.53. The second-order valence-corrected chi connectivity index (χ2v) is 9.85. The molecule has 4 heterocycles. The van der Waals surface area contributed by atoms with Crippen molar-refractivity contribution < 1.29 is 9.53 Å². The summed E-state index contributed by atoms with van der Waals surface area (Å²) in [6, 6.07) is 22.8. The Morgan fingerprint density at radius 1 is 1.02 bits per heavy atom. The lowest BCUT2D eigenvalue weighted by molar-refractivity contribution is 0.0936. The Labute approximate surface area is 235 Å². The van der Waals surface area contributed by atoms with E-state index in [-0.39, 0.29) is 11.9 Å². The van der Waals surface area contributed by atoms with E-state index in [1.54, 1.807) is 36.3 Å². The Morgan fingerprint density at radius 2 is 1.95 bits per heavy atom. The summed E-state index contributed by atoms with van der Waals surface area (Å²) in [6.07, 6.45) is 6.87. The molecule has 0 fully saturated rings. The van der Waals surface area contributed by atoms with Gasteiger partial charge in [0.05, 0.1) is 18.7 Å². The molecule has 1 aliphatic rings. The number of methoxy groups -OCH3 is 1. The summed E-state index contributed by atoms with van der Waals surface area (Å²) in [5.41, 5.74) is 12.1. The van der Waals surface area contributed by atoms with Crippen molar-refractivity contribution >= 4 is 22.9 Å². The molecule has 6 aromatic rings. The molecular weight excluding hydrogens is 516 g/mol. The van der Waals surface area contributed by atoms with Crippen LogP contribution in [0.25, 0.3) is 34.1 Å². The molecule has 4 aromatic heterocycles. The minimum atomic E-state index is -0.129. The quantitative estimate of drug-likeness (QED) is 0.313. The number of pyridine rings is 2. The smallest absolute Gasteiger partial charge is 0.251 e. The highest BCUT2D eigenvalue weighted by atomic mass is 16.5. The fourth-order valence-electron chi connectivity index (χ4n) is 5.41. The van der Waals surface area contributed by atoms with E-state index in [4.69, 9.17) is 20.4 Å². The molecule has 10 heteroatoms. The van der Waals surface area contributed by atoms with Gasteiger partial charge in [-0.1, -0.05) is 12.1 Å². The lowest BCUT2D eigenvalue weighted by Gasteiger charge is -2.16. The minimum Gasteiger partial charge on any atom is -0.497 e. The first-order chi connectivity index (χ1) is 20.1. The number of carbonyl (C=O) groups excluding carboxylic acids is 1. The van der Waals surface area contributed by atoms with E-state index in [0.717, 1.165) is 40.7 Å². The molecule has 0 saturated carbocycles. The number of carbonyl (C=O) groups is 1. The van der Waals surface area contributed by atoms with Gasteiger partial charge in [0.15, 0.2) is 17.3 Å². The van der Waals surface area contributed by atoms with E-state index in [2.05, 4.69) is 27.5 Å². The minimum absolute atomic E-state index is 0.0877. The molecule has 1 amide bonds. The van der Waals surface area contributed by atoms with Gasteiger partial charge in [0, 0.05) is 29.8 Å². The molecule has 10 nitrogen and oxygen atoms in total. The first-order valence-electron chi connectivity index (χ1n) is 13.3. The molecule has 0 radical (unpaired) electrons. The third kappa shape index (κ3) is 4.35. The van der Waals surface area contributed by atoms with E-state index in [9.17, 15) is 4.79 Å². The fraction of sp³-hybridized carbons (Fsp3) is 0.129. The SMILES string of the molecule is COc1cccc(C(=O)N[C@H]2CCc3cc(-n4c(-c5cccnc5N)nc5ccc(-n6cccn6)nc54)ccc32)c1. The molecule has 0 aliphatic heterocycles. The fourth-order valence-corrected chi connectivity index (χ4v) is 5.41. The predicted octanol–water partition coefficient (Wildman–Crippen LogP) is 4.68. The second kappa shape index (κ2) is 9.91. The summed E-state index contributed by atoms with van der Waals surface area (Å²) < 4.78 is 9.01. The molecule has 0 spiro atoms. The predicted molar refractivity (Wildman–Crippen MR) is 155 cm³/mol. The third-order valence-corrected chi connectivity index (χ3v) is 7.41. The summed E-state index contributed by atoms with van der Waals surface area (Å²) in [7, 11) is 1.59. The molecule has 0 unspecified atom stereocenters. The standard InChI is InChI=1S/C31H26N8O2/c1-41-22-6-2-5-20(18-22)31(40)36-25-11-8-19-17-21(9-10-23(19)25)39-29(24-7-3-14-33-28(24)32)35-26-12-13-27(37-30(26)39)38-16-4-15-34-38/h2-7,9-10,12-18,25H,8,11H2,1H3,(H2,32,33)(H,36,40)/t25-/m0/s1. The van der Waals surface area contributed by atoms with Crippen molar-refractivity contribution in [3.05, 3.63) is 108 Å². The number of hydrogen-bond donors (Lipinski definition) is 2. The number of hydrogen-bond acceptors (Lipinski definition) is 7. The monoisotopic (exact) mass is 542 g/mol. The Balaban J connectivity index is 1.29. The average Bonchev–Trinajstić information content (AvgIpc) is 3.76. The summed E-state index contributed by atoms with van der Waals surface area (Å²) in [6.45, 7) is 0. The van der Waals surface area contributed by atoms with E-state index in [1.165, 1.54) is 0 Å². The molecule has 1 aliphatic carbocycles. The zero-order chi connectivity index (χ0) is 27.9. The highest BCUT2D eigenvalue weighted by Crippen LogP contribution is 2.36. The van der Waals surface area contributed by atoms with Crippen LogP contribution in [0.15, 0.2) is 91.4 Å². The van der Waals surface area contributed by atoms with Crippen LogP contribution in [0.5, 0.6) is 5.75 Å². The van der Waals surface area contributed by atoms with Gasteiger partial charge >= 0.3 is 0 Å². The van der Waals surface area contributed by atoms with Crippen molar-refractivity contribution in [1.29, 1.82) is 0 Å². The summed E-state index contributed by atoms with van der Waals surface area (Å²) in [4.78, 5) is 27.2. The maximum Gasteiger partial charge on any atom is 0.251 e. The number of rotatable bonds is 6. The van der Waals surface area contributed by atoms with Crippen molar-refractivity contribution in [2.75, 3.05) is 12.8 Å². The Morgan fingerprint density at radius 3 is 2.78 bits per heavy atom. The lowest BCUT2D eigenvalue weighted by Crippen LogP contribution is -2.27. The van der Waals surface area contributed by atoms with E-state index >= 15 is 0 Å². The molecule has 202 valence electrons. The van der Waals surface area contributed by atoms with Crippen molar-refractivity contribution in [2.45, 2.75) is 18.9 Å². The van der Waals surface area contributed by atoms with Gasteiger partial charge in [0.2, 0.25) is 0 Å². The first-order valence-corrected chi connectivity index (χ1v) is 13.3. The topological polar surface area (TPSA) is 126 Å². The number of nitrogens with one attached hydrogen (secondary N) is 1. The highest BCUT2D eigenvalue weighted by molar-refractivity contribution is 5.95. The van der Waals surface area contributed by atoms with Gasteiger partial charge in [-0.05, 0) is 84.6 Å². The third-order valence-electron chi connectivity index (χ3n) is 7.41. The van der Waals surface area contributed by atoms with Gasteiger partial charge in [-0.15, -0.1) is 0 Å². The van der Waals surface area contributed by atoms with Crippen LogP contribution in [0.1, 0.15) is 33.9 Å². The van der Waals surface area contributed by atoms with Crippen LogP contribution in [0, 0.1) is 0 Å². The van der Waals surface area contributed by atoms with E-state index in [1.807, 2.05) is 59.3 Å². The van der Waals surface area contributed by atoms with E-state index in [0.29, 0.717) is 34.4 Å². The Hall–Kier alpha value is -5.51. The number of aromatic nitrogens is 6. The molecular formula is C31H26N8O2. The molecule has 1 atom stereocenters. The lowest BCUT2D eigenvalue weighted by atomic mass is 10.1. The van der Waals surface area contributed by atoms with Crippen LogP contribution in [-0.2, 0) is 6.42 Å². The summed E-state index contributed by atoms with van der Waals surface area (Å²) in [5.74, 6) is 2.23. The summed E-state index contributed by atoms with van der Waals surface area (Å²) >= 11 is 0. The molecule has 3 N–H and O–H groups in total. The number of fused-ring (bicyclic) bond motifs is 2. The highest BCUT2D eigenvalue weighted by Gasteiger charge is 2.26. The number of imidazole rings is 1. The van der Waals surface area contributed by atoms with Crippen molar-refractivity contribution in [1.82, 2.24) is 34.6 Å². The van der Waals surface area contributed by atoms with Crippen LogP contribution in [-0.4, -0.2) is 42.3 Å². The number of benzene rings is 2. The van der Waals surface area contributed by atoms with Crippen LogP contribution in [0.3, 0.4) is 0 Å². The average molecular weight is 543 g/mol. The Bertz CT molecular complexity index is 1910. The molecule has 0 saturated heterocycles. The van der Waals surface area contributed by atoms with Crippen LogP contribution < -0.4 is 15.8 Å². The Kier molecular flexibility index (Phi) is 5.93. The second-order valence-electron chi connectivity index (χ2n) is 9.85. The first kappa shape index (κ1) is 24.5. The van der Waals surface area contributed by atoms with Crippen LogP contribution in [0.2, 0.25) is 0 Å². The van der Waals surface area contributed by atoms with Gasteiger partial charge in [0.1, 0.15) is 17.1 Å². The number of nitrogens with zero attached hydrogens (tertiary/aromatic N) is 6. The van der Waals surface area contributed by atoms with Gasteiger partial charge in [-0.2, -0.15) is 5.10 Å². The van der Waals surface area contributed by atoms with Crippen molar-refractivity contribution in [3.8, 4) is 28.6 Å². The number of nitrogen functional groups attached to an aromatic ring is 1. The van der Waals surface area contributed by atoms with Crippen molar-refractivity contribution in [2.24, 2.45) is 0 Å². The molecule has 2 aromatic carbocycles. The van der Waals surface area contributed by atoms with E-state index < -0.39 is 0 Å². The van der Waals surface area contributed by atoms with Gasteiger partial charge in [-0.3, -0.25) is 9.36 Å². The van der Waals surface area contributed by atoms with Gasteiger partial charge in [-0.25, -0.2) is 19.6 Å². The van der Waals surface area contributed by atoms with Crippen LogP contribution in [0.4, 0.5) is 5.82 Å². The normalized spacial score (nSPS) is 14.2. The number of aryl methyl sites for hydroxylation is 1. The number of ether oxygens (including phenoxy) is 1. The molecule has 0 bridgehead atoms. The number of nitrogens with two attached hydrogens (primary N) is 1. The zero-order valence-corrected chi connectivity index (χ0v) is 22.2. The number of amides is 1. The maximum absolute atomic E-state index is 13.0. The molecule has 7 rings (SSSR count). The number of anilines is 1. The molecule has 41 heavy (non-hydrogen) atoms. The van der Waals surface area contributed by atoms with Gasteiger partial charge in [0.25, 0.3) is 5.91 Å². The largest absolute Gasteiger partial charge is 0.497 e. The maximum atomic E-state index is 13.0. The van der Waals surface area contributed by atoms with Crippen LogP contribution >= 0.6 is 0 Å². The zero-order valence-electron chi connectivity index (χ0n) is 22.2. The van der Waals surface area contributed by atoms with Gasteiger partial charge < -0.3 is 15.8 Å². The van der Waals surface area contributed by atoms with Crippen molar-refractivity contribution in [3.63, 3.8) is 0 Å².